The highest BCUT2D eigenvalue weighted by Crippen LogP contribution is 2.64. The minimum Gasteiger partial charge on any atom is -0.385 e. The zero-order valence-corrected chi connectivity index (χ0v) is 17.3. The van der Waals surface area contributed by atoms with E-state index < -0.39 is 65.2 Å². The standard InChI is InChI=1S/C18H10F17NO/c1-10(37,9-4-2-8(6-36)3-5-9)7-11(19,20)12(21,22)13(23,24)14(25,26)15(27,28)16(29,30)17(31,32)18(33,34)35/h2-5,37H,7H2,1H3. The number of hydrogen-bond donors (Lipinski definition) is 1. The Bertz CT molecular complexity index is 1020. The molecule has 0 heterocycles. The van der Waals surface area contributed by atoms with Crippen LogP contribution < -0.4 is 0 Å². The second-order valence-corrected chi connectivity index (χ2v) is 7.79. The lowest BCUT2D eigenvalue weighted by molar-refractivity contribution is -0.462. The lowest BCUT2D eigenvalue weighted by atomic mass is 9.83. The van der Waals surface area contributed by atoms with Gasteiger partial charge in [0.25, 0.3) is 0 Å². The van der Waals surface area contributed by atoms with Crippen LogP contribution in [0.1, 0.15) is 24.5 Å². The quantitative estimate of drug-likeness (QED) is 0.316. The van der Waals surface area contributed by atoms with Crippen molar-refractivity contribution in [2.75, 3.05) is 0 Å². The molecule has 0 aliphatic rings. The van der Waals surface area contributed by atoms with Gasteiger partial charge in [0.1, 0.15) is 0 Å². The van der Waals surface area contributed by atoms with Crippen molar-refractivity contribution >= 4 is 0 Å². The molecule has 1 rings (SSSR count). The van der Waals surface area contributed by atoms with E-state index >= 15 is 0 Å². The van der Waals surface area contributed by atoms with Gasteiger partial charge in [-0.05, 0) is 24.6 Å². The highest BCUT2D eigenvalue weighted by atomic mass is 19.4. The minimum absolute atomic E-state index is 0.182. The van der Waals surface area contributed by atoms with Gasteiger partial charge in [-0.3, -0.25) is 0 Å². The summed E-state index contributed by atoms with van der Waals surface area (Å²) < 4.78 is 226. The van der Waals surface area contributed by atoms with E-state index in [9.17, 15) is 79.7 Å². The summed E-state index contributed by atoms with van der Waals surface area (Å²) in [5.74, 6) is -57.2. The molecule has 37 heavy (non-hydrogen) atoms. The molecule has 19 heteroatoms. The lowest BCUT2D eigenvalue weighted by Gasteiger charge is -2.43. The van der Waals surface area contributed by atoms with Gasteiger partial charge >= 0.3 is 47.6 Å². The number of nitrogens with zero attached hydrogens (tertiary/aromatic N) is 1. The highest BCUT2D eigenvalue weighted by molar-refractivity contribution is 5.34. The van der Waals surface area contributed by atoms with Crippen LogP contribution in [0.25, 0.3) is 0 Å². The number of benzene rings is 1. The predicted octanol–water partition coefficient (Wildman–Crippen LogP) is 7.17. The Kier molecular flexibility index (Phi) is 7.70. The SMILES string of the molecule is CC(O)(CC(F)(F)C(F)(F)C(F)(F)C(F)(F)C(F)(F)C(F)(F)C(F)(F)C(F)(F)F)c1ccc(C#N)cc1. The molecule has 0 aromatic heterocycles. The van der Waals surface area contributed by atoms with E-state index in [0.29, 0.717) is 12.1 Å². The number of hydrogen-bond acceptors (Lipinski definition) is 2. The summed E-state index contributed by atoms with van der Waals surface area (Å²) in [6, 6.07) is 4.14. The topological polar surface area (TPSA) is 44.0 Å². The van der Waals surface area contributed by atoms with E-state index in [1.54, 1.807) is 0 Å². The van der Waals surface area contributed by atoms with Gasteiger partial charge in [-0.2, -0.15) is 79.9 Å². The van der Waals surface area contributed by atoms with Gasteiger partial charge in [-0.25, -0.2) is 0 Å². The molecule has 0 saturated heterocycles. The van der Waals surface area contributed by atoms with Crippen LogP contribution in [0.4, 0.5) is 74.6 Å². The van der Waals surface area contributed by atoms with Crippen LogP contribution in [0, 0.1) is 11.3 Å². The van der Waals surface area contributed by atoms with Crippen molar-refractivity contribution in [3.63, 3.8) is 0 Å². The zero-order chi connectivity index (χ0) is 29.9. The first-order valence-corrected chi connectivity index (χ1v) is 8.94. The first-order chi connectivity index (χ1) is 16.0. The molecule has 212 valence electrons. The molecule has 0 fully saturated rings. The number of halogens is 17. The highest BCUT2D eigenvalue weighted by Gasteiger charge is 2.95. The van der Waals surface area contributed by atoms with Gasteiger partial charge in [-0.1, -0.05) is 12.1 Å². The largest absolute Gasteiger partial charge is 0.460 e. The Balaban J connectivity index is 3.60. The molecule has 0 aliphatic heterocycles. The summed E-state index contributed by atoms with van der Waals surface area (Å²) in [4.78, 5) is 0. The third-order valence-electron chi connectivity index (χ3n) is 4.99. The Morgan fingerprint density at radius 2 is 0.919 bits per heavy atom. The molecular weight excluding hydrogens is 569 g/mol. The second kappa shape index (κ2) is 8.76. The summed E-state index contributed by atoms with van der Waals surface area (Å²) in [5, 5.41) is 18.6. The van der Waals surface area contributed by atoms with Gasteiger partial charge in [-0.15, -0.1) is 0 Å². The molecule has 1 N–H and O–H groups in total. The molecule has 0 aliphatic carbocycles. The number of rotatable bonds is 9. The second-order valence-electron chi connectivity index (χ2n) is 7.79. The molecular formula is C18H10F17NO. The molecule has 0 amide bonds. The normalized spacial score (nSPS) is 16.8. The van der Waals surface area contributed by atoms with E-state index in [1.165, 1.54) is 6.07 Å². The van der Waals surface area contributed by atoms with Crippen molar-refractivity contribution < 1.29 is 79.7 Å². The van der Waals surface area contributed by atoms with Crippen molar-refractivity contribution in [1.29, 1.82) is 5.26 Å². The number of alkyl halides is 17. The first kappa shape index (κ1) is 32.5. The van der Waals surface area contributed by atoms with E-state index in [0.717, 1.165) is 12.1 Å². The van der Waals surface area contributed by atoms with E-state index in [1.807, 2.05) is 0 Å². The summed E-state index contributed by atoms with van der Waals surface area (Å²) in [6.45, 7) is 0.182. The monoisotopic (exact) mass is 579 g/mol. The fourth-order valence-electron chi connectivity index (χ4n) is 2.75. The van der Waals surface area contributed by atoms with Crippen molar-refractivity contribution in [1.82, 2.24) is 0 Å². The predicted molar refractivity (Wildman–Crippen MR) is 86.0 cm³/mol. The van der Waals surface area contributed by atoms with Crippen LogP contribution >= 0.6 is 0 Å². The summed E-state index contributed by atoms with van der Waals surface area (Å²) in [7, 11) is 0. The molecule has 1 atom stereocenters. The van der Waals surface area contributed by atoms with Crippen LogP contribution in [-0.4, -0.2) is 52.7 Å². The fourth-order valence-corrected chi connectivity index (χ4v) is 2.75. The van der Waals surface area contributed by atoms with Gasteiger partial charge in [0, 0.05) is 0 Å². The van der Waals surface area contributed by atoms with Gasteiger partial charge in [0.05, 0.1) is 23.7 Å². The Hall–Kier alpha value is -2.52. The Morgan fingerprint density at radius 1 is 0.595 bits per heavy atom. The van der Waals surface area contributed by atoms with E-state index in [-0.39, 0.29) is 12.5 Å². The number of nitriles is 1. The van der Waals surface area contributed by atoms with E-state index in [2.05, 4.69) is 0 Å². The van der Waals surface area contributed by atoms with Crippen molar-refractivity contribution in [3.05, 3.63) is 35.4 Å². The maximum atomic E-state index is 14.1. The molecule has 2 nitrogen and oxygen atoms in total. The zero-order valence-electron chi connectivity index (χ0n) is 17.3. The Labute approximate surface area is 194 Å². The summed E-state index contributed by atoms with van der Waals surface area (Å²) in [6.07, 6.45) is -10.9. The van der Waals surface area contributed by atoms with Crippen LogP contribution in [0.2, 0.25) is 0 Å². The maximum absolute atomic E-state index is 14.1. The number of aliphatic hydroxyl groups is 1. The molecule has 1 aromatic carbocycles. The Morgan fingerprint density at radius 3 is 1.24 bits per heavy atom. The van der Waals surface area contributed by atoms with Crippen molar-refractivity contribution in [3.8, 4) is 6.07 Å². The van der Waals surface area contributed by atoms with Crippen LogP contribution in [0.5, 0.6) is 0 Å². The molecule has 0 bridgehead atoms. The maximum Gasteiger partial charge on any atom is 0.460 e. The van der Waals surface area contributed by atoms with Crippen molar-refractivity contribution in [2.24, 2.45) is 0 Å². The van der Waals surface area contributed by atoms with Gasteiger partial charge in [0.15, 0.2) is 0 Å². The summed E-state index contributed by atoms with van der Waals surface area (Å²) >= 11 is 0. The van der Waals surface area contributed by atoms with Crippen molar-refractivity contribution in [2.45, 2.75) is 66.6 Å². The molecule has 0 radical (unpaired) electrons. The van der Waals surface area contributed by atoms with Gasteiger partial charge < -0.3 is 5.11 Å². The first-order valence-electron chi connectivity index (χ1n) is 8.94. The van der Waals surface area contributed by atoms with Crippen LogP contribution in [0.3, 0.4) is 0 Å². The van der Waals surface area contributed by atoms with Crippen LogP contribution in [-0.2, 0) is 5.60 Å². The summed E-state index contributed by atoms with van der Waals surface area (Å²) in [5.41, 5.74) is -4.53. The van der Waals surface area contributed by atoms with E-state index in [4.69, 9.17) is 5.26 Å². The molecule has 1 unspecified atom stereocenters. The third-order valence-corrected chi connectivity index (χ3v) is 4.99. The molecule has 0 saturated carbocycles. The molecule has 1 aromatic rings. The third kappa shape index (κ3) is 4.65. The lowest BCUT2D eigenvalue weighted by Crippen LogP contribution is -2.74. The average Bonchev–Trinajstić information content (AvgIpc) is 2.71. The van der Waals surface area contributed by atoms with Crippen LogP contribution in [0.15, 0.2) is 24.3 Å². The fraction of sp³-hybridized carbons (Fsp3) is 0.611. The molecule has 0 spiro atoms. The average molecular weight is 579 g/mol. The minimum atomic E-state index is -8.71. The van der Waals surface area contributed by atoms with Gasteiger partial charge in [0.2, 0.25) is 0 Å². The smallest absolute Gasteiger partial charge is 0.385 e.